The maximum absolute atomic E-state index is 11.9. The molecule has 0 radical (unpaired) electrons. The first-order chi connectivity index (χ1) is 6.79. The largest absolute Gasteiger partial charge is 0.573 e. The molecule has 0 aliphatic rings. The molecule has 0 aliphatic heterocycles. The third kappa shape index (κ3) is 3.16. The van der Waals surface area contributed by atoms with Crippen molar-refractivity contribution in [2.24, 2.45) is 5.73 Å². The zero-order valence-electron chi connectivity index (χ0n) is 7.76. The van der Waals surface area contributed by atoms with E-state index in [9.17, 15) is 18.0 Å². The molecule has 0 saturated carbocycles. The van der Waals surface area contributed by atoms with Gasteiger partial charge in [0.05, 0.1) is 5.56 Å². The van der Waals surface area contributed by atoms with Crippen LogP contribution >= 0.6 is 0 Å². The van der Waals surface area contributed by atoms with Crippen molar-refractivity contribution < 1.29 is 22.7 Å². The number of rotatable bonds is 2. The number of hydrogen-bond donors (Lipinski definition) is 1. The summed E-state index contributed by atoms with van der Waals surface area (Å²) in [5.74, 6) is -1.54. The lowest BCUT2D eigenvalue weighted by atomic mass is 10.1. The zero-order valence-corrected chi connectivity index (χ0v) is 7.76. The Kier molecular flexibility index (Phi) is 2.88. The smallest absolute Gasteiger partial charge is 0.405 e. The molecule has 0 saturated heterocycles. The van der Waals surface area contributed by atoms with Crippen molar-refractivity contribution in [3.05, 3.63) is 29.3 Å². The van der Waals surface area contributed by atoms with Crippen molar-refractivity contribution >= 4 is 5.91 Å². The summed E-state index contributed by atoms with van der Waals surface area (Å²) >= 11 is 0. The van der Waals surface area contributed by atoms with Crippen LogP contribution in [0.2, 0.25) is 0 Å². The highest BCUT2D eigenvalue weighted by molar-refractivity contribution is 5.95. The number of carbonyl (C=O) groups is 1. The molecule has 1 aromatic carbocycles. The first-order valence-electron chi connectivity index (χ1n) is 3.96. The standard InChI is InChI=1S/C9H8F3NO2/c1-5-2-3-6(8(13)14)7(4-5)15-9(10,11)12/h2-4H,1H3,(H2,13,14). The minimum Gasteiger partial charge on any atom is -0.405 e. The Labute approximate surface area is 83.6 Å². The highest BCUT2D eigenvalue weighted by atomic mass is 19.4. The second-order valence-corrected chi connectivity index (χ2v) is 2.91. The summed E-state index contributed by atoms with van der Waals surface area (Å²) in [6.07, 6.45) is -4.84. The Morgan fingerprint density at radius 2 is 2.00 bits per heavy atom. The van der Waals surface area contributed by atoms with Crippen LogP contribution in [0.15, 0.2) is 18.2 Å². The maximum Gasteiger partial charge on any atom is 0.573 e. The number of alkyl halides is 3. The fourth-order valence-electron chi connectivity index (χ4n) is 1.04. The predicted octanol–water partition coefficient (Wildman–Crippen LogP) is 1.99. The first kappa shape index (κ1) is 11.4. The molecular weight excluding hydrogens is 211 g/mol. The van der Waals surface area contributed by atoms with E-state index >= 15 is 0 Å². The Hall–Kier alpha value is -1.72. The summed E-state index contributed by atoms with van der Waals surface area (Å²) in [5.41, 5.74) is 5.14. The van der Waals surface area contributed by atoms with Gasteiger partial charge in [0.15, 0.2) is 0 Å². The summed E-state index contributed by atoms with van der Waals surface area (Å²) in [4.78, 5) is 10.8. The van der Waals surface area contributed by atoms with Crippen LogP contribution in [0.25, 0.3) is 0 Å². The summed E-state index contributed by atoms with van der Waals surface area (Å²) in [7, 11) is 0. The number of primary amides is 1. The number of aryl methyl sites for hydroxylation is 1. The van der Waals surface area contributed by atoms with Crippen LogP contribution in [0.5, 0.6) is 5.75 Å². The molecule has 0 spiro atoms. The van der Waals surface area contributed by atoms with Gasteiger partial charge in [0.1, 0.15) is 5.75 Å². The number of hydrogen-bond acceptors (Lipinski definition) is 2. The van der Waals surface area contributed by atoms with Crippen molar-refractivity contribution in [1.82, 2.24) is 0 Å². The normalized spacial score (nSPS) is 11.2. The quantitative estimate of drug-likeness (QED) is 0.826. The monoisotopic (exact) mass is 219 g/mol. The molecule has 0 aromatic heterocycles. The van der Waals surface area contributed by atoms with Crippen molar-refractivity contribution in [1.29, 1.82) is 0 Å². The number of benzene rings is 1. The number of amides is 1. The Morgan fingerprint density at radius 3 is 2.47 bits per heavy atom. The van der Waals surface area contributed by atoms with Crippen molar-refractivity contribution in [2.75, 3.05) is 0 Å². The molecule has 0 fully saturated rings. The van der Waals surface area contributed by atoms with Gasteiger partial charge in [-0.1, -0.05) is 6.07 Å². The van der Waals surface area contributed by atoms with Gasteiger partial charge in [0.2, 0.25) is 0 Å². The van der Waals surface area contributed by atoms with Gasteiger partial charge < -0.3 is 10.5 Å². The van der Waals surface area contributed by atoms with Crippen LogP contribution in [-0.2, 0) is 0 Å². The van der Waals surface area contributed by atoms with Gasteiger partial charge >= 0.3 is 6.36 Å². The van der Waals surface area contributed by atoms with E-state index in [-0.39, 0.29) is 5.56 Å². The molecule has 82 valence electrons. The summed E-state index contributed by atoms with van der Waals surface area (Å²) in [6, 6.07) is 3.77. The Bertz CT molecular complexity index is 387. The number of halogens is 3. The van der Waals surface area contributed by atoms with Gasteiger partial charge in [0.25, 0.3) is 5.91 Å². The summed E-state index contributed by atoms with van der Waals surface area (Å²) in [5, 5.41) is 0. The molecule has 3 nitrogen and oxygen atoms in total. The lowest BCUT2D eigenvalue weighted by Crippen LogP contribution is -2.21. The molecule has 2 N–H and O–H groups in total. The minimum atomic E-state index is -4.84. The average Bonchev–Trinajstić information content (AvgIpc) is 1.99. The van der Waals surface area contributed by atoms with Crippen molar-refractivity contribution in [3.8, 4) is 5.75 Å². The van der Waals surface area contributed by atoms with Crippen LogP contribution in [0.3, 0.4) is 0 Å². The minimum absolute atomic E-state index is 0.294. The van der Waals surface area contributed by atoms with E-state index in [1.165, 1.54) is 12.1 Å². The molecule has 1 aromatic rings. The lowest BCUT2D eigenvalue weighted by Gasteiger charge is -2.11. The van der Waals surface area contributed by atoms with Crippen molar-refractivity contribution in [3.63, 3.8) is 0 Å². The van der Waals surface area contributed by atoms with Gasteiger partial charge in [0, 0.05) is 0 Å². The zero-order chi connectivity index (χ0) is 11.6. The van der Waals surface area contributed by atoms with E-state index in [4.69, 9.17) is 5.73 Å². The van der Waals surface area contributed by atoms with Crippen LogP contribution in [0.1, 0.15) is 15.9 Å². The van der Waals surface area contributed by atoms with E-state index in [1.54, 1.807) is 6.92 Å². The van der Waals surface area contributed by atoms with Crippen LogP contribution < -0.4 is 10.5 Å². The molecule has 0 atom stereocenters. The van der Waals surface area contributed by atoms with E-state index in [1.807, 2.05) is 0 Å². The van der Waals surface area contributed by atoms with Gasteiger partial charge in [-0.2, -0.15) is 0 Å². The molecular formula is C9H8F3NO2. The van der Waals surface area contributed by atoms with Crippen molar-refractivity contribution in [2.45, 2.75) is 13.3 Å². The second-order valence-electron chi connectivity index (χ2n) is 2.91. The van der Waals surface area contributed by atoms with Crippen LogP contribution in [-0.4, -0.2) is 12.3 Å². The topological polar surface area (TPSA) is 52.3 Å². The van der Waals surface area contributed by atoms with Crippen LogP contribution in [0, 0.1) is 6.92 Å². The van der Waals surface area contributed by atoms with E-state index in [0.29, 0.717) is 5.56 Å². The van der Waals surface area contributed by atoms with E-state index in [0.717, 1.165) is 6.07 Å². The molecule has 0 bridgehead atoms. The molecule has 0 unspecified atom stereocenters. The average molecular weight is 219 g/mol. The molecule has 0 heterocycles. The molecule has 1 amide bonds. The SMILES string of the molecule is Cc1ccc(C(N)=O)c(OC(F)(F)F)c1. The third-order valence-corrected chi connectivity index (χ3v) is 1.63. The molecule has 1 rings (SSSR count). The Morgan fingerprint density at radius 1 is 1.40 bits per heavy atom. The van der Waals surface area contributed by atoms with E-state index < -0.39 is 18.0 Å². The molecule has 15 heavy (non-hydrogen) atoms. The fourth-order valence-corrected chi connectivity index (χ4v) is 1.04. The fraction of sp³-hybridized carbons (Fsp3) is 0.222. The van der Waals surface area contributed by atoms with Gasteiger partial charge in [-0.3, -0.25) is 4.79 Å². The van der Waals surface area contributed by atoms with Gasteiger partial charge in [-0.25, -0.2) is 0 Å². The van der Waals surface area contributed by atoms with Gasteiger partial charge in [-0.05, 0) is 24.6 Å². The first-order valence-corrected chi connectivity index (χ1v) is 3.96. The van der Waals surface area contributed by atoms with E-state index in [2.05, 4.69) is 4.74 Å². The molecule has 6 heteroatoms. The van der Waals surface area contributed by atoms with Gasteiger partial charge in [-0.15, -0.1) is 13.2 Å². The second kappa shape index (κ2) is 3.80. The van der Waals surface area contributed by atoms with Crippen LogP contribution in [0.4, 0.5) is 13.2 Å². The lowest BCUT2D eigenvalue weighted by molar-refractivity contribution is -0.274. The maximum atomic E-state index is 11.9. The number of nitrogens with two attached hydrogens (primary N) is 1. The molecule has 0 aliphatic carbocycles. The summed E-state index contributed by atoms with van der Waals surface area (Å²) in [6.45, 7) is 1.58. The third-order valence-electron chi connectivity index (χ3n) is 1.63. The highest BCUT2D eigenvalue weighted by Crippen LogP contribution is 2.27. The summed E-state index contributed by atoms with van der Waals surface area (Å²) < 4.78 is 39.5. The highest BCUT2D eigenvalue weighted by Gasteiger charge is 2.32. The Balaban J connectivity index is 3.13. The number of carbonyl (C=O) groups excluding carboxylic acids is 1. The predicted molar refractivity (Wildman–Crippen MR) is 46.4 cm³/mol. The number of ether oxygens (including phenoxy) is 1.